The monoisotopic (exact) mass is 561 g/mol. The van der Waals surface area contributed by atoms with Crippen LogP contribution in [0.5, 0.6) is 0 Å². The molecule has 0 radical (unpaired) electrons. The minimum atomic E-state index is -0.341. The summed E-state index contributed by atoms with van der Waals surface area (Å²) in [6.07, 6.45) is 2.19. The van der Waals surface area contributed by atoms with Crippen LogP contribution >= 0.6 is 24.0 Å². The quantitative estimate of drug-likeness (QED) is 0.160. The molecule has 0 amide bonds. The molecule has 0 spiro atoms. The number of aromatic nitrogens is 2. The first-order valence-corrected chi connectivity index (χ1v) is 10.7. The summed E-state index contributed by atoms with van der Waals surface area (Å²) < 4.78 is 14.7. The van der Waals surface area contributed by atoms with Gasteiger partial charge >= 0.3 is 0 Å². The van der Waals surface area contributed by atoms with E-state index in [1.807, 2.05) is 25.1 Å². The van der Waals surface area contributed by atoms with Crippen molar-refractivity contribution in [1.82, 2.24) is 20.4 Å². The van der Waals surface area contributed by atoms with Crippen LogP contribution in [-0.2, 0) is 12.8 Å². The Labute approximate surface area is 210 Å². The van der Waals surface area contributed by atoms with Crippen LogP contribution in [0.2, 0.25) is 0 Å². The van der Waals surface area contributed by atoms with E-state index in [0.717, 1.165) is 25.5 Å². The Bertz CT molecular complexity index is 1070. The molecule has 0 saturated carbocycles. The molecule has 2 aromatic carbocycles. The van der Waals surface area contributed by atoms with E-state index in [0.29, 0.717) is 36.3 Å². The standard InChI is InChI=1S/C24H28FN7.HI/c1-2-28-24(30-16-14-18-7-4-3-5-8-18)29-15-6-9-22-21(17-26)23(27)32(31-22)20-12-10-19(25)11-13-20;/h3-5,7-8,10-13H,2,6,9,14-16,27H2,1H3,(H2,28,29,30);1H. The second kappa shape index (κ2) is 13.4. The van der Waals surface area contributed by atoms with Crippen molar-refractivity contribution < 1.29 is 4.39 Å². The van der Waals surface area contributed by atoms with Gasteiger partial charge in [-0.2, -0.15) is 10.4 Å². The average molecular weight is 561 g/mol. The van der Waals surface area contributed by atoms with E-state index < -0.39 is 0 Å². The lowest BCUT2D eigenvalue weighted by atomic mass is 10.1. The first-order valence-electron chi connectivity index (χ1n) is 10.7. The number of benzene rings is 2. The first-order chi connectivity index (χ1) is 15.6. The van der Waals surface area contributed by atoms with Crippen molar-refractivity contribution in [3.63, 3.8) is 0 Å². The Kier molecular flexibility index (Phi) is 10.6. The number of anilines is 1. The molecule has 0 aliphatic heterocycles. The molecule has 33 heavy (non-hydrogen) atoms. The highest BCUT2D eigenvalue weighted by Gasteiger charge is 2.16. The summed E-state index contributed by atoms with van der Waals surface area (Å²) in [5.74, 6) is 0.681. The van der Waals surface area contributed by atoms with Crippen molar-refractivity contribution in [3.8, 4) is 11.8 Å². The highest BCUT2D eigenvalue weighted by atomic mass is 127. The number of guanidine groups is 1. The molecule has 1 heterocycles. The zero-order valence-corrected chi connectivity index (χ0v) is 20.9. The molecule has 0 aliphatic rings. The highest BCUT2D eigenvalue weighted by Crippen LogP contribution is 2.21. The summed E-state index contributed by atoms with van der Waals surface area (Å²) in [7, 11) is 0. The summed E-state index contributed by atoms with van der Waals surface area (Å²) in [6, 6.07) is 18.3. The minimum Gasteiger partial charge on any atom is -0.382 e. The number of nitrogens with zero attached hydrogens (tertiary/aromatic N) is 4. The van der Waals surface area contributed by atoms with Crippen LogP contribution < -0.4 is 16.4 Å². The minimum absolute atomic E-state index is 0. The van der Waals surface area contributed by atoms with Gasteiger partial charge in [0.15, 0.2) is 5.96 Å². The third-order valence-corrected chi connectivity index (χ3v) is 4.91. The van der Waals surface area contributed by atoms with Gasteiger partial charge in [-0.25, -0.2) is 9.07 Å². The molecule has 174 valence electrons. The number of rotatable bonds is 9. The molecule has 4 N–H and O–H groups in total. The van der Waals surface area contributed by atoms with E-state index in [2.05, 4.69) is 38.9 Å². The second-order valence-corrected chi connectivity index (χ2v) is 7.23. The van der Waals surface area contributed by atoms with Gasteiger partial charge < -0.3 is 16.4 Å². The number of aryl methyl sites for hydroxylation is 1. The van der Waals surface area contributed by atoms with Gasteiger partial charge in [0.1, 0.15) is 23.3 Å². The van der Waals surface area contributed by atoms with Crippen LogP contribution in [0.3, 0.4) is 0 Å². The van der Waals surface area contributed by atoms with Gasteiger partial charge in [0.25, 0.3) is 0 Å². The van der Waals surface area contributed by atoms with Crippen molar-refractivity contribution in [1.29, 1.82) is 5.26 Å². The van der Waals surface area contributed by atoms with Crippen LogP contribution in [-0.4, -0.2) is 35.4 Å². The Hall–Kier alpha value is -3.13. The molecule has 0 atom stereocenters. The van der Waals surface area contributed by atoms with Gasteiger partial charge in [0.2, 0.25) is 0 Å². The maximum absolute atomic E-state index is 13.2. The molecule has 0 saturated heterocycles. The number of nitriles is 1. The van der Waals surface area contributed by atoms with E-state index in [1.54, 1.807) is 12.1 Å². The van der Waals surface area contributed by atoms with Crippen molar-refractivity contribution in [3.05, 3.63) is 77.2 Å². The van der Waals surface area contributed by atoms with Crippen molar-refractivity contribution in [2.75, 3.05) is 25.4 Å². The molecule has 7 nitrogen and oxygen atoms in total. The van der Waals surface area contributed by atoms with Gasteiger partial charge in [-0.3, -0.25) is 4.99 Å². The number of aliphatic imine (C=N–C) groups is 1. The maximum Gasteiger partial charge on any atom is 0.191 e. The summed E-state index contributed by atoms with van der Waals surface area (Å²) in [5, 5.41) is 20.6. The van der Waals surface area contributed by atoms with Gasteiger partial charge in [-0.15, -0.1) is 24.0 Å². The number of hydrogen-bond donors (Lipinski definition) is 3. The molecule has 3 rings (SSSR count). The van der Waals surface area contributed by atoms with Crippen LogP contribution in [0.1, 0.15) is 30.2 Å². The van der Waals surface area contributed by atoms with Crippen LogP contribution in [0, 0.1) is 17.1 Å². The Morgan fingerprint density at radius 2 is 1.85 bits per heavy atom. The van der Waals surface area contributed by atoms with E-state index in [-0.39, 0.29) is 35.6 Å². The predicted molar refractivity (Wildman–Crippen MR) is 141 cm³/mol. The molecular formula is C24H29FIN7. The molecule has 1 aromatic heterocycles. The fraction of sp³-hybridized carbons (Fsp3) is 0.292. The lowest BCUT2D eigenvalue weighted by molar-refractivity contribution is 0.627. The van der Waals surface area contributed by atoms with Crippen LogP contribution in [0.4, 0.5) is 10.2 Å². The summed E-state index contributed by atoms with van der Waals surface area (Å²) in [6.45, 7) is 4.16. The van der Waals surface area contributed by atoms with Gasteiger partial charge in [-0.1, -0.05) is 30.3 Å². The molecule has 0 aliphatic carbocycles. The van der Waals surface area contributed by atoms with Crippen molar-refractivity contribution in [2.45, 2.75) is 26.2 Å². The van der Waals surface area contributed by atoms with Crippen molar-refractivity contribution in [2.24, 2.45) is 4.99 Å². The SMILES string of the molecule is CCNC(=NCCCc1nn(-c2ccc(F)cc2)c(N)c1C#N)NCCc1ccccc1.I. The average Bonchev–Trinajstić information content (AvgIpc) is 3.13. The largest absolute Gasteiger partial charge is 0.382 e. The molecule has 9 heteroatoms. The predicted octanol–water partition coefficient (Wildman–Crippen LogP) is 3.81. The molecular weight excluding hydrogens is 532 g/mol. The van der Waals surface area contributed by atoms with Gasteiger partial charge in [0, 0.05) is 19.6 Å². The third kappa shape index (κ3) is 7.46. The molecule has 0 fully saturated rings. The van der Waals surface area contributed by atoms with Crippen LogP contribution in [0.25, 0.3) is 5.69 Å². The van der Waals surface area contributed by atoms with Crippen LogP contribution in [0.15, 0.2) is 59.6 Å². The highest BCUT2D eigenvalue weighted by molar-refractivity contribution is 14.0. The fourth-order valence-electron chi connectivity index (χ4n) is 3.30. The van der Waals surface area contributed by atoms with E-state index in [1.165, 1.54) is 22.4 Å². The Balaban J connectivity index is 0.00000385. The zero-order chi connectivity index (χ0) is 22.8. The number of nitrogens with one attached hydrogen (secondary N) is 2. The zero-order valence-electron chi connectivity index (χ0n) is 18.6. The van der Waals surface area contributed by atoms with Crippen molar-refractivity contribution >= 4 is 35.8 Å². The number of nitrogens with two attached hydrogens (primary N) is 1. The lowest BCUT2D eigenvalue weighted by Crippen LogP contribution is -2.38. The van der Waals surface area contributed by atoms with E-state index in [9.17, 15) is 9.65 Å². The first kappa shape index (κ1) is 26.1. The fourth-order valence-corrected chi connectivity index (χ4v) is 3.30. The summed E-state index contributed by atoms with van der Waals surface area (Å²) in [4.78, 5) is 4.62. The Morgan fingerprint density at radius 1 is 1.12 bits per heavy atom. The number of halogens is 2. The Morgan fingerprint density at radius 3 is 2.52 bits per heavy atom. The van der Waals surface area contributed by atoms with Gasteiger partial charge in [0.05, 0.1) is 11.4 Å². The third-order valence-electron chi connectivity index (χ3n) is 4.91. The topological polar surface area (TPSA) is 104 Å². The van der Waals surface area contributed by atoms with E-state index >= 15 is 0 Å². The second-order valence-electron chi connectivity index (χ2n) is 7.23. The number of hydrogen-bond acceptors (Lipinski definition) is 4. The number of nitrogen functional groups attached to an aromatic ring is 1. The maximum atomic E-state index is 13.2. The van der Waals surface area contributed by atoms with Gasteiger partial charge in [-0.05, 0) is 56.0 Å². The lowest BCUT2D eigenvalue weighted by Gasteiger charge is -2.11. The van der Waals surface area contributed by atoms with E-state index in [4.69, 9.17) is 5.73 Å². The summed E-state index contributed by atoms with van der Waals surface area (Å²) in [5.41, 5.74) is 8.97. The summed E-state index contributed by atoms with van der Waals surface area (Å²) >= 11 is 0. The molecule has 0 unspecified atom stereocenters. The molecule has 0 bridgehead atoms. The normalized spacial score (nSPS) is 10.9. The molecule has 3 aromatic rings. The smallest absolute Gasteiger partial charge is 0.191 e.